The van der Waals surface area contributed by atoms with Gasteiger partial charge in [0.2, 0.25) is 5.78 Å². The van der Waals surface area contributed by atoms with Crippen LogP contribution in [0, 0.1) is 11.8 Å². The molecule has 1 aromatic carbocycles. The first kappa shape index (κ1) is 30.6. The van der Waals surface area contributed by atoms with Crippen molar-refractivity contribution in [3.63, 3.8) is 0 Å². The number of fused-ring (bicyclic) bond motifs is 3. The summed E-state index contributed by atoms with van der Waals surface area (Å²) in [4.78, 5) is 67.1. The van der Waals surface area contributed by atoms with E-state index in [-0.39, 0.29) is 23.2 Å². The molecule has 3 amide bonds. The Morgan fingerprint density at radius 3 is 2.41 bits per heavy atom. The first-order valence-corrected chi connectivity index (χ1v) is 13.6. The lowest BCUT2D eigenvalue weighted by atomic mass is 9.54. The molecule has 13 heteroatoms. The van der Waals surface area contributed by atoms with Crippen LogP contribution in [0.15, 0.2) is 65.5 Å². The third kappa shape index (κ3) is 4.00. The number of aliphatic hydroxyl groups excluding tert-OH is 3. The van der Waals surface area contributed by atoms with Gasteiger partial charge in [0, 0.05) is 28.7 Å². The van der Waals surface area contributed by atoms with Gasteiger partial charge in [0.15, 0.2) is 11.4 Å². The van der Waals surface area contributed by atoms with Gasteiger partial charge in [0.25, 0.3) is 17.7 Å². The van der Waals surface area contributed by atoms with Crippen molar-refractivity contribution in [3.05, 3.63) is 82.2 Å². The van der Waals surface area contributed by atoms with Gasteiger partial charge in [-0.05, 0) is 31.7 Å². The summed E-state index contributed by atoms with van der Waals surface area (Å²) in [5.74, 6) is -11.3. The van der Waals surface area contributed by atoms with E-state index in [4.69, 9.17) is 5.73 Å². The number of carbonyl (C=O) groups excluding carboxylic acids is 5. The van der Waals surface area contributed by atoms with Gasteiger partial charge >= 0.3 is 0 Å². The van der Waals surface area contributed by atoms with E-state index >= 15 is 0 Å². The minimum Gasteiger partial charge on any atom is -0.508 e. The summed E-state index contributed by atoms with van der Waals surface area (Å²) >= 11 is 0. The summed E-state index contributed by atoms with van der Waals surface area (Å²) in [6.45, 7) is 4.73. The molecule has 1 saturated carbocycles. The number of ketones is 2. The van der Waals surface area contributed by atoms with Crippen LogP contribution in [0.4, 0.5) is 0 Å². The third-order valence-corrected chi connectivity index (χ3v) is 8.99. The number of aromatic hydroxyl groups is 1. The van der Waals surface area contributed by atoms with E-state index in [1.807, 2.05) is 0 Å². The van der Waals surface area contributed by atoms with Crippen LogP contribution in [-0.4, -0.2) is 96.5 Å². The van der Waals surface area contributed by atoms with Gasteiger partial charge in [-0.2, -0.15) is 0 Å². The Morgan fingerprint density at radius 2 is 1.82 bits per heavy atom. The van der Waals surface area contributed by atoms with E-state index in [0.29, 0.717) is 5.56 Å². The Kier molecular flexibility index (Phi) is 7.23. The summed E-state index contributed by atoms with van der Waals surface area (Å²) in [6.07, 6.45) is 3.72. The highest BCUT2D eigenvalue weighted by atomic mass is 16.4. The van der Waals surface area contributed by atoms with E-state index in [1.165, 1.54) is 49.4 Å². The Bertz CT molecular complexity index is 1700. The molecule has 230 valence electrons. The smallest absolute Gasteiger partial charge is 0.261 e. The molecule has 13 nitrogen and oxygen atoms in total. The maximum absolute atomic E-state index is 14.1. The van der Waals surface area contributed by atoms with Crippen LogP contribution in [0.2, 0.25) is 0 Å². The van der Waals surface area contributed by atoms with Crippen molar-refractivity contribution in [3.8, 4) is 5.75 Å². The molecule has 0 unspecified atom stereocenters. The fourth-order valence-electron chi connectivity index (χ4n) is 6.93. The molecular weight excluding hydrogens is 574 g/mol. The molecule has 6 atom stereocenters. The van der Waals surface area contributed by atoms with Crippen LogP contribution < -0.4 is 5.73 Å². The van der Waals surface area contributed by atoms with Crippen LogP contribution in [-0.2, 0) is 30.5 Å². The second-order valence-corrected chi connectivity index (χ2v) is 11.5. The van der Waals surface area contributed by atoms with Crippen LogP contribution in [0.5, 0.6) is 5.75 Å². The number of hydrogen-bond donors (Lipinski definition) is 6. The van der Waals surface area contributed by atoms with E-state index < -0.39 is 93.2 Å². The lowest BCUT2D eigenvalue weighted by Gasteiger charge is -2.53. The van der Waals surface area contributed by atoms with E-state index in [0.717, 1.165) is 11.0 Å². The molecule has 0 spiro atoms. The zero-order chi connectivity index (χ0) is 32.6. The first-order valence-electron chi connectivity index (χ1n) is 13.6. The van der Waals surface area contributed by atoms with Crippen molar-refractivity contribution in [1.82, 2.24) is 9.80 Å². The number of Topliss-reactive ketones (excluding diaryl/α,β-unsaturated/α-hetero) is 2. The summed E-state index contributed by atoms with van der Waals surface area (Å²) in [6, 6.07) is 1.49. The lowest BCUT2D eigenvalue weighted by molar-refractivity contribution is -0.169. The minimum atomic E-state index is -3.04. The Labute approximate surface area is 251 Å². The van der Waals surface area contributed by atoms with Gasteiger partial charge in [0.1, 0.15) is 22.8 Å². The fourth-order valence-corrected chi connectivity index (χ4v) is 6.93. The zero-order valence-corrected chi connectivity index (χ0v) is 24.0. The predicted octanol–water partition coefficient (Wildman–Crippen LogP) is 0.0332. The number of aliphatic hydroxyl groups is 4. The number of amides is 3. The zero-order valence-electron chi connectivity index (χ0n) is 24.0. The van der Waals surface area contributed by atoms with Crippen LogP contribution >= 0.6 is 0 Å². The highest BCUT2D eigenvalue weighted by molar-refractivity contribution is 6.24. The summed E-state index contributed by atoms with van der Waals surface area (Å²) < 4.78 is 0. The fraction of sp³-hybridized carbons (Fsp3) is 0.323. The molecule has 1 heterocycles. The highest BCUT2D eigenvalue weighted by Gasteiger charge is 2.68. The third-order valence-electron chi connectivity index (χ3n) is 8.99. The molecule has 3 aliphatic carbocycles. The van der Waals surface area contributed by atoms with Crippen LogP contribution in [0.25, 0.3) is 5.76 Å². The molecule has 0 bridgehead atoms. The topological polar surface area (TPSA) is 219 Å². The van der Waals surface area contributed by atoms with Crippen molar-refractivity contribution < 1.29 is 49.5 Å². The average Bonchev–Trinajstić information content (AvgIpc) is 3.21. The number of nitrogens with zero attached hydrogens (tertiary/aromatic N) is 2. The number of carbonyl (C=O) groups is 5. The number of nitrogens with two attached hydrogens (primary N) is 1. The Hall–Kier alpha value is -4.85. The second kappa shape index (κ2) is 10.4. The van der Waals surface area contributed by atoms with Gasteiger partial charge in [0.05, 0.1) is 30.2 Å². The molecule has 1 fully saturated rings. The monoisotopic (exact) mass is 605 g/mol. The number of rotatable bonds is 6. The van der Waals surface area contributed by atoms with Crippen molar-refractivity contribution >= 4 is 35.0 Å². The second-order valence-electron chi connectivity index (χ2n) is 11.5. The Morgan fingerprint density at radius 1 is 1.16 bits per heavy atom. The van der Waals surface area contributed by atoms with Gasteiger partial charge in [-0.15, -0.1) is 0 Å². The molecule has 44 heavy (non-hydrogen) atoms. The Balaban J connectivity index is 1.65. The molecule has 7 N–H and O–H groups in total. The summed E-state index contributed by atoms with van der Waals surface area (Å²) in [5.41, 5.74) is 0.944. The number of benzene rings is 1. The average molecular weight is 606 g/mol. The van der Waals surface area contributed by atoms with Crippen LogP contribution in [0.1, 0.15) is 29.5 Å². The quantitative estimate of drug-likeness (QED) is 0.144. The predicted molar refractivity (Wildman–Crippen MR) is 153 cm³/mol. The molecule has 0 aromatic heterocycles. The number of primary amides is 1. The molecule has 1 aromatic rings. The molecular formula is C31H31N3O10. The van der Waals surface area contributed by atoms with Crippen molar-refractivity contribution in [1.29, 1.82) is 0 Å². The van der Waals surface area contributed by atoms with E-state index in [9.17, 15) is 49.5 Å². The van der Waals surface area contributed by atoms with Gasteiger partial charge in [-0.25, -0.2) is 0 Å². The standard InChI is InChI=1S/C31H31N3O10/c1-5-6-7-13-10-16(35)34(30(13)43)11-14-8-9-15-12(2)17-19(24(37)18(15)23(14)36)27(40)31(44)21(25(17)38)22(33(3)4)26(39)20(28(31)41)29(32)42/h5-10,12,17,21-22,25,36-38,41,44H,1,11H2,2-4H3,(H2,32,42)/b7-6-/t12-,17+,21+,22-,25-,31-/m0/s1. The molecule has 0 radical (unpaired) electrons. The number of hydrogen-bond acceptors (Lipinski definition) is 11. The normalized spacial score (nSPS) is 30.2. The van der Waals surface area contributed by atoms with Crippen LogP contribution in [0.3, 0.4) is 0 Å². The number of phenols is 1. The summed E-state index contributed by atoms with van der Waals surface area (Å²) in [7, 11) is 2.85. The maximum atomic E-state index is 14.1. The van der Waals surface area contributed by atoms with Crippen molar-refractivity contribution in [2.24, 2.45) is 17.6 Å². The SMILES string of the molecule is C=C/C=C\C1=CC(=O)N(Cc2ccc3c(c2O)C(O)=C2C(=O)[C@]4(O)C(O)=C(C(N)=O)C(=O)[C@@H](N(C)C)[C@@H]4[C@@H](O)[C@@H]2[C@H]3C)C1=O. The molecule has 1 aliphatic heterocycles. The number of phenolic OH excluding ortho intramolecular Hbond substituents is 1. The highest BCUT2D eigenvalue weighted by Crippen LogP contribution is 2.56. The van der Waals surface area contributed by atoms with Crippen molar-refractivity contribution in [2.75, 3.05) is 14.1 Å². The van der Waals surface area contributed by atoms with Gasteiger partial charge in [-0.3, -0.25) is 33.8 Å². The largest absolute Gasteiger partial charge is 0.508 e. The summed E-state index contributed by atoms with van der Waals surface area (Å²) in [5, 5.41) is 57.3. The lowest BCUT2D eigenvalue weighted by Crippen LogP contribution is -2.70. The number of likely N-dealkylation sites (N-methyl/N-ethyl adjacent to an activating group) is 1. The first-order chi connectivity index (χ1) is 20.6. The van der Waals surface area contributed by atoms with E-state index in [1.54, 1.807) is 6.92 Å². The van der Waals surface area contributed by atoms with Crippen molar-refractivity contribution in [2.45, 2.75) is 37.1 Å². The van der Waals surface area contributed by atoms with Gasteiger partial charge in [-0.1, -0.05) is 37.8 Å². The maximum Gasteiger partial charge on any atom is 0.261 e. The number of imide groups is 1. The van der Waals surface area contributed by atoms with Gasteiger partial charge < -0.3 is 31.3 Å². The number of allylic oxidation sites excluding steroid dienone is 2. The minimum absolute atomic E-state index is 0.0423. The molecule has 4 aliphatic rings. The molecule has 5 rings (SSSR count). The molecule has 0 saturated heterocycles. The van der Waals surface area contributed by atoms with E-state index in [2.05, 4.69) is 6.58 Å².